The first-order chi connectivity index (χ1) is 12.7. The Labute approximate surface area is 154 Å². The number of aromatic amines is 1. The summed E-state index contributed by atoms with van der Waals surface area (Å²) in [6, 6.07) is 4.04. The van der Waals surface area contributed by atoms with Crippen molar-refractivity contribution in [1.29, 1.82) is 0 Å². The molecule has 8 heteroatoms. The Morgan fingerprint density at radius 1 is 1.50 bits per heavy atom. The quantitative estimate of drug-likeness (QED) is 0.697. The normalized spacial score (nSPS) is 17.8. The maximum absolute atomic E-state index is 12.4. The molecule has 0 aliphatic carbocycles. The van der Waals surface area contributed by atoms with E-state index < -0.39 is 5.97 Å². The van der Waals surface area contributed by atoms with Gasteiger partial charge in [-0.05, 0) is 48.7 Å². The lowest BCUT2D eigenvalue weighted by molar-refractivity contribution is 0.0528. The van der Waals surface area contributed by atoms with E-state index in [0.717, 1.165) is 19.4 Å². The topological polar surface area (TPSA) is 79.7 Å². The number of aromatic nitrogens is 3. The van der Waals surface area contributed by atoms with Gasteiger partial charge in [0.25, 0.3) is 5.56 Å². The highest BCUT2D eigenvalue weighted by Gasteiger charge is 2.27. The van der Waals surface area contributed by atoms with Crippen LogP contribution < -0.4 is 5.56 Å². The fraction of sp³-hybridized carbons (Fsp3) is 0.389. The fourth-order valence-electron chi connectivity index (χ4n) is 3.53. The summed E-state index contributed by atoms with van der Waals surface area (Å²) in [5.41, 5.74) is 2.35. The standard InChI is InChI=1S/C18H20N4O3S/c1-2-25-18(24)14-9-19-22-16(23)8-13(20-17(14)22)10-21-6-3-4-15(21)12-5-7-26-11-12/h5,7-9,11,15,19H,2-4,6,10H2,1H3. The Kier molecular flexibility index (Phi) is 4.60. The average Bonchev–Trinajstić information content (AvgIpc) is 3.35. The van der Waals surface area contributed by atoms with E-state index in [1.165, 1.54) is 22.3 Å². The first-order valence-corrected chi connectivity index (χ1v) is 9.65. The number of hydrogen-bond donors (Lipinski definition) is 1. The molecule has 1 aliphatic heterocycles. The van der Waals surface area contributed by atoms with E-state index in [4.69, 9.17) is 4.74 Å². The molecule has 0 radical (unpaired) electrons. The zero-order chi connectivity index (χ0) is 18.1. The van der Waals surface area contributed by atoms with Crippen LogP contribution in [0.4, 0.5) is 0 Å². The van der Waals surface area contributed by atoms with E-state index in [1.54, 1.807) is 18.3 Å². The number of nitrogens with one attached hydrogen (secondary N) is 1. The monoisotopic (exact) mass is 372 g/mol. The number of carbonyl (C=O) groups is 1. The number of hydrogen-bond acceptors (Lipinski definition) is 6. The first kappa shape index (κ1) is 17.0. The van der Waals surface area contributed by atoms with Crippen molar-refractivity contribution in [3.05, 3.63) is 56.3 Å². The van der Waals surface area contributed by atoms with Crippen molar-refractivity contribution in [2.75, 3.05) is 13.2 Å². The van der Waals surface area contributed by atoms with Crippen LogP contribution in [0.1, 0.15) is 47.4 Å². The zero-order valence-electron chi connectivity index (χ0n) is 14.5. The summed E-state index contributed by atoms with van der Waals surface area (Å²) in [6.45, 7) is 3.57. The Hall–Kier alpha value is -2.45. The van der Waals surface area contributed by atoms with Crippen molar-refractivity contribution in [1.82, 2.24) is 19.5 Å². The molecule has 26 heavy (non-hydrogen) atoms. The molecule has 3 aromatic heterocycles. The third-order valence-electron chi connectivity index (χ3n) is 4.70. The Morgan fingerprint density at radius 3 is 3.15 bits per heavy atom. The van der Waals surface area contributed by atoms with Crippen LogP contribution in [-0.2, 0) is 11.3 Å². The highest BCUT2D eigenvalue weighted by Crippen LogP contribution is 2.33. The second kappa shape index (κ2) is 7.05. The van der Waals surface area contributed by atoms with E-state index in [-0.39, 0.29) is 17.7 Å². The molecular formula is C18H20N4O3S. The maximum Gasteiger partial charge on any atom is 0.343 e. The van der Waals surface area contributed by atoms with Crippen molar-refractivity contribution in [2.45, 2.75) is 32.4 Å². The molecule has 1 saturated heterocycles. The molecule has 0 spiro atoms. The van der Waals surface area contributed by atoms with Crippen molar-refractivity contribution in [3.8, 4) is 0 Å². The molecule has 0 saturated carbocycles. The summed E-state index contributed by atoms with van der Waals surface area (Å²) < 4.78 is 6.32. The van der Waals surface area contributed by atoms with Gasteiger partial charge in [-0.3, -0.25) is 14.8 Å². The average molecular weight is 372 g/mol. The molecule has 0 amide bonds. The molecular weight excluding hydrogens is 352 g/mol. The van der Waals surface area contributed by atoms with Crippen molar-refractivity contribution in [3.63, 3.8) is 0 Å². The molecule has 136 valence electrons. The van der Waals surface area contributed by atoms with Gasteiger partial charge in [0, 0.05) is 24.8 Å². The van der Waals surface area contributed by atoms with Crippen LogP contribution in [-0.4, -0.2) is 38.6 Å². The predicted octanol–water partition coefficient (Wildman–Crippen LogP) is 2.60. The Balaban J connectivity index is 1.65. The van der Waals surface area contributed by atoms with Gasteiger partial charge in [0.05, 0.1) is 12.3 Å². The number of H-pyrrole nitrogens is 1. The summed E-state index contributed by atoms with van der Waals surface area (Å²) in [5, 5.41) is 7.05. The molecule has 3 aromatic rings. The minimum absolute atomic E-state index is 0.230. The molecule has 1 atom stereocenters. The number of esters is 1. The van der Waals surface area contributed by atoms with E-state index in [0.29, 0.717) is 23.9 Å². The molecule has 0 aromatic carbocycles. The van der Waals surface area contributed by atoms with E-state index in [2.05, 4.69) is 31.8 Å². The van der Waals surface area contributed by atoms with Gasteiger partial charge in [0.15, 0.2) is 5.65 Å². The van der Waals surface area contributed by atoms with E-state index in [9.17, 15) is 9.59 Å². The molecule has 0 bridgehead atoms. The van der Waals surface area contributed by atoms with Gasteiger partial charge >= 0.3 is 5.97 Å². The summed E-state index contributed by atoms with van der Waals surface area (Å²) in [7, 11) is 0. The second-order valence-corrected chi connectivity index (χ2v) is 7.12. The van der Waals surface area contributed by atoms with Crippen LogP contribution in [0.2, 0.25) is 0 Å². The van der Waals surface area contributed by atoms with Crippen LogP contribution in [0, 0.1) is 0 Å². The third-order valence-corrected chi connectivity index (χ3v) is 5.40. The van der Waals surface area contributed by atoms with E-state index >= 15 is 0 Å². The highest BCUT2D eigenvalue weighted by molar-refractivity contribution is 7.07. The SMILES string of the molecule is CCOC(=O)c1c[nH]n2c(=O)cc(CN3CCCC3c3ccsc3)nc12. The summed E-state index contributed by atoms with van der Waals surface area (Å²) in [5.74, 6) is -0.479. The number of likely N-dealkylation sites (tertiary alicyclic amines) is 1. The van der Waals surface area contributed by atoms with Gasteiger partial charge in [0.2, 0.25) is 0 Å². The Bertz CT molecular complexity index is 976. The van der Waals surface area contributed by atoms with Gasteiger partial charge in [-0.1, -0.05) is 0 Å². The molecule has 1 aliphatic rings. The number of rotatable bonds is 5. The lowest BCUT2D eigenvalue weighted by Crippen LogP contribution is -2.25. The van der Waals surface area contributed by atoms with Crippen LogP contribution in [0.5, 0.6) is 0 Å². The summed E-state index contributed by atoms with van der Waals surface area (Å²) in [6.07, 6.45) is 3.70. The predicted molar refractivity (Wildman–Crippen MR) is 98.5 cm³/mol. The van der Waals surface area contributed by atoms with Crippen molar-refractivity contribution in [2.24, 2.45) is 0 Å². The largest absolute Gasteiger partial charge is 0.462 e. The highest BCUT2D eigenvalue weighted by atomic mass is 32.1. The number of nitrogens with zero attached hydrogens (tertiary/aromatic N) is 3. The second-order valence-electron chi connectivity index (χ2n) is 6.34. The lowest BCUT2D eigenvalue weighted by atomic mass is 10.1. The number of ether oxygens (including phenoxy) is 1. The smallest absolute Gasteiger partial charge is 0.343 e. The fourth-order valence-corrected chi connectivity index (χ4v) is 4.24. The van der Waals surface area contributed by atoms with Crippen LogP contribution in [0.3, 0.4) is 0 Å². The minimum atomic E-state index is -0.479. The van der Waals surface area contributed by atoms with E-state index in [1.807, 2.05) is 0 Å². The van der Waals surface area contributed by atoms with Gasteiger partial charge in [-0.15, -0.1) is 0 Å². The maximum atomic E-state index is 12.4. The first-order valence-electron chi connectivity index (χ1n) is 8.70. The van der Waals surface area contributed by atoms with Crippen LogP contribution in [0.15, 0.2) is 33.9 Å². The number of fused-ring (bicyclic) bond motifs is 1. The summed E-state index contributed by atoms with van der Waals surface area (Å²) in [4.78, 5) is 31.4. The van der Waals surface area contributed by atoms with Gasteiger partial charge < -0.3 is 4.74 Å². The van der Waals surface area contributed by atoms with Crippen molar-refractivity contribution < 1.29 is 9.53 Å². The van der Waals surface area contributed by atoms with Crippen molar-refractivity contribution >= 4 is 23.0 Å². The molecule has 1 unspecified atom stereocenters. The van der Waals surface area contributed by atoms with Gasteiger partial charge in [-0.2, -0.15) is 11.3 Å². The summed E-state index contributed by atoms with van der Waals surface area (Å²) >= 11 is 1.70. The van der Waals surface area contributed by atoms with Crippen LogP contribution in [0.25, 0.3) is 5.65 Å². The molecule has 4 heterocycles. The van der Waals surface area contributed by atoms with Gasteiger partial charge in [-0.25, -0.2) is 14.3 Å². The minimum Gasteiger partial charge on any atom is -0.462 e. The number of carbonyl (C=O) groups excluding carboxylic acids is 1. The lowest BCUT2D eigenvalue weighted by Gasteiger charge is -2.23. The van der Waals surface area contributed by atoms with Gasteiger partial charge in [0.1, 0.15) is 5.56 Å². The number of thiophene rings is 1. The molecule has 1 fully saturated rings. The zero-order valence-corrected chi connectivity index (χ0v) is 15.3. The Morgan fingerprint density at radius 2 is 2.38 bits per heavy atom. The molecule has 1 N–H and O–H groups in total. The third kappa shape index (κ3) is 3.06. The molecule has 7 nitrogen and oxygen atoms in total. The van der Waals surface area contributed by atoms with Crippen LogP contribution >= 0.6 is 11.3 Å². The molecule has 4 rings (SSSR count).